The molecular weight excluding hydrogens is 310 g/mol. The number of carbonyl (C=O) groups excluding carboxylic acids is 1. The zero-order chi connectivity index (χ0) is 17.6. The highest BCUT2D eigenvalue weighted by Gasteiger charge is 2.09. The van der Waals surface area contributed by atoms with Crippen LogP contribution in [0.3, 0.4) is 0 Å². The number of carbonyl (C=O) groups is 1. The van der Waals surface area contributed by atoms with Crippen LogP contribution in [0.4, 0.5) is 5.69 Å². The third-order valence-electron chi connectivity index (χ3n) is 3.25. The van der Waals surface area contributed by atoms with Gasteiger partial charge in [0.05, 0.1) is 5.70 Å². The van der Waals surface area contributed by atoms with Gasteiger partial charge in [0.2, 0.25) is 5.78 Å². The predicted octanol–water partition coefficient (Wildman–Crippen LogP) is 4.90. The van der Waals surface area contributed by atoms with Crippen LogP contribution in [0.25, 0.3) is 5.70 Å². The van der Waals surface area contributed by atoms with E-state index in [0.717, 1.165) is 16.9 Å². The smallest absolute Gasteiger partial charge is 0.230 e. The van der Waals surface area contributed by atoms with Crippen LogP contribution < -0.4 is 5.32 Å². The lowest BCUT2D eigenvalue weighted by Crippen LogP contribution is -2.17. The molecule has 122 valence electrons. The number of benzene rings is 2. The van der Waals surface area contributed by atoms with E-state index >= 15 is 0 Å². The van der Waals surface area contributed by atoms with Gasteiger partial charge in [-0.1, -0.05) is 67.7 Å². The van der Waals surface area contributed by atoms with Gasteiger partial charge in [-0.05, 0) is 30.5 Å². The number of anilines is 1. The summed E-state index contributed by atoms with van der Waals surface area (Å²) in [6.07, 6.45) is 1.59. The van der Waals surface area contributed by atoms with Gasteiger partial charge in [0.15, 0.2) is 0 Å². The Bertz CT molecular complexity index is 788. The van der Waals surface area contributed by atoms with Crippen molar-refractivity contribution in [2.24, 2.45) is 0 Å². The molecule has 2 aromatic rings. The van der Waals surface area contributed by atoms with Crippen molar-refractivity contribution in [2.75, 3.05) is 5.32 Å². The molecule has 0 aromatic heterocycles. The van der Waals surface area contributed by atoms with E-state index in [1.165, 1.54) is 5.56 Å². The van der Waals surface area contributed by atoms with E-state index < -0.39 is 8.07 Å². The Morgan fingerprint density at radius 1 is 1.00 bits per heavy atom. The number of nitrogens with one attached hydrogen (secondary N) is 1. The van der Waals surface area contributed by atoms with Crippen LogP contribution in [0.15, 0.2) is 60.7 Å². The van der Waals surface area contributed by atoms with Crippen LogP contribution in [0.1, 0.15) is 11.1 Å². The number of hydrogen-bond acceptors (Lipinski definition) is 2. The SMILES string of the molecule is Cc1ccc(N/C(=C\C(=O)C#C[Si](C)(C)C)c2ccccc2)cc1. The minimum Gasteiger partial charge on any atom is -0.355 e. The van der Waals surface area contributed by atoms with E-state index in [1.54, 1.807) is 6.08 Å². The van der Waals surface area contributed by atoms with Crippen molar-refractivity contribution < 1.29 is 4.79 Å². The number of hydrogen-bond donors (Lipinski definition) is 1. The molecule has 0 amide bonds. The van der Waals surface area contributed by atoms with Crippen molar-refractivity contribution in [1.29, 1.82) is 0 Å². The van der Waals surface area contributed by atoms with E-state index in [9.17, 15) is 4.79 Å². The minimum atomic E-state index is -1.56. The molecule has 2 rings (SSSR count). The molecule has 0 radical (unpaired) electrons. The highest BCUT2D eigenvalue weighted by atomic mass is 28.3. The third-order valence-corrected chi connectivity index (χ3v) is 4.13. The fourth-order valence-corrected chi connectivity index (χ4v) is 2.52. The fourth-order valence-electron chi connectivity index (χ4n) is 2.02. The van der Waals surface area contributed by atoms with E-state index in [4.69, 9.17) is 0 Å². The van der Waals surface area contributed by atoms with Crippen molar-refractivity contribution in [3.63, 3.8) is 0 Å². The zero-order valence-electron chi connectivity index (χ0n) is 14.7. The highest BCUT2D eigenvalue weighted by Crippen LogP contribution is 2.19. The molecule has 3 heteroatoms. The molecule has 0 spiro atoms. The number of rotatable bonds is 4. The van der Waals surface area contributed by atoms with Gasteiger partial charge in [0, 0.05) is 11.8 Å². The molecule has 0 unspecified atom stereocenters. The molecular formula is C21H23NOSi. The quantitative estimate of drug-likeness (QED) is 0.490. The number of allylic oxidation sites excluding steroid dienone is 1. The number of aryl methyl sites for hydroxylation is 1. The first-order chi connectivity index (χ1) is 11.3. The van der Waals surface area contributed by atoms with Gasteiger partial charge in [0.1, 0.15) is 8.07 Å². The van der Waals surface area contributed by atoms with Crippen molar-refractivity contribution >= 4 is 25.2 Å². The van der Waals surface area contributed by atoms with Crippen LogP contribution in [-0.4, -0.2) is 13.9 Å². The topological polar surface area (TPSA) is 29.1 Å². The molecule has 1 N–H and O–H groups in total. The average Bonchev–Trinajstić information content (AvgIpc) is 2.54. The summed E-state index contributed by atoms with van der Waals surface area (Å²) >= 11 is 0. The molecule has 0 heterocycles. The van der Waals surface area contributed by atoms with Gasteiger partial charge in [-0.25, -0.2) is 0 Å². The summed E-state index contributed by atoms with van der Waals surface area (Å²) in [6, 6.07) is 17.9. The van der Waals surface area contributed by atoms with Crippen LogP contribution in [0.5, 0.6) is 0 Å². The lowest BCUT2D eigenvalue weighted by Gasteiger charge is -2.11. The molecule has 0 aliphatic heterocycles. The summed E-state index contributed by atoms with van der Waals surface area (Å²) in [6.45, 7) is 8.42. The Morgan fingerprint density at radius 3 is 2.21 bits per heavy atom. The fraction of sp³-hybridized carbons (Fsp3) is 0.190. The molecule has 2 aromatic carbocycles. The Balaban J connectivity index is 2.32. The molecule has 2 nitrogen and oxygen atoms in total. The lowest BCUT2D eigenvalue weighted by atomic mass is 10.1. The number of ketones is 1. The maximum atomic E-state index is 12.3. The first-order valence-corrected chi connectivity index (χ1v) is 11.5. The zero-order valence-corrected chi connectivity index (χ0v) is 15.7. The largest absolute Gasteiger partial charge is 0.355 e. The maximum Gasteiger partial charge on any atom is 0.230 e. The van der Waals surface area contributed by atoms with Gasteiger partial charge in [0.25, 0.3) is 0 Å². The Kier molecular flexibility index (Phi) is 5.78. The summed E-state index contributed by atoms with van der Waals surface area (Å²) < 4.78 is 0. The van der Waals surface area contributed by atoms with Crippen LogP contribution in [0, 0.1) is 18.4 Å². The highest BCUT2D eigenvalue weighted by molar-refractivity contribution is 6.84. The average molecular weight is 334 g/mol. The lowest BCUT2D eigenvalue weighted by molar-refractivity contribution is -0.109. The second kappa shape index (κ2) is 7.81. The van der Waals surface area contributed by atoms with E-state index in [0.29, 0.717) is 0 Å². The minimum absolute atomic E-state index is 0.170. The van der Waals surface area contributed by atoms with Gasteiger partial charge < -0.3 is 5.32 Å². The predicted molar refractivity (Wildman–Crippen MR) is 105 cm³/mol. The standard InChI is InChI=1S/C21H23NOSi/c1-17-10-12-19(13-11-17)22-21(18-8-6-5-7-9-18)16-20(23)14-15-24(2,3)4/h5-13,16,22H,1-4H3/b21-16-. The summed E-state index contributed by atoms with van der Waals surface area (Å²) in [5.41, 5.74) is 6.98. The Hall–Kier alpha value is -2.57. The van der Waals surface area contributed by atoms with E-state index in [1.807, 2.05) is 61.5 Å². The summed E-state index contributed by atoms with van der Waals surface area (Å²) in [7, 11) is -1.56. The first-order valence-electron chi connectivity index (χ1n) is 8.01. The van der Waals surface area contributed by atoms with E-state index in [-0.39, 0.29) is 5.78 Å². The normalized spacial score (nSPS) is 11.4. The van der Waals surface area contributed by atoms with Gasteiger partial charge >= 0.3 is 0 Å². The van der Waals surface area contributed by atoms with Gasteiger partial charge in [-0.15, -0.1) is 5.54 Å². The Labute approximate surface area is 145 Å². The molecule has 24 heavy (non-hydrogen) atoms. The van der Waals surface area contributed by atoms with Crippen molar-refractivity contribution in [2.45, 2.75) is 26.6 Å². The second-order valence-electron chi connectivity index (χ2n) is 6.78. The molecule has 0 saturated carbocycles. The first kappa shape index (κ1) is 17.8. The third kappa shape index (κ3) is 5.90. The van der Waals surface area contributed by atoms with Gasteiger partial charge in [-0.2, -0.15) is 0 Å². The summed E-state index contributed by atoms with van der Waals surface area (Å²) in [4.78, 5) is 12.3. The summed E-state index contributed by atoms with van der Waals surface area (Å²) in [5, 5.41) is 3.33. The molecule has 0 saturated heterocycles. The molecule has 0 bridgehead atoms. The Morgan fingerprint density at radius 2 is 1.62 bits per heavy atom. The van der Waals surface area contributed by atoms with Crippen molar-refractivity contribution in [1.82, 2.24) is 0 Å². The van der Waals surface area contributed by atoms with E-state index in [2.05, 4.69) is 36.4 Å². The van der Waals surface area contributed by atoms with Crippen LogP contribution in [0.2, 0.25) is 19.6 Å². The second-order valence-corrected chi connectivity index (χ2v) is 11.5. The molecule has 0 fully saturated rings. The maximum absolute atomic E-state index is 12.3. The van der Waals surface area contributed by atoms with Crippen LogP contribution >= 0.6 is 0 Å². The van der Waals surface area contributed by atoms with Crippen molar-refractivity contribution in [3.05, 3.63) is 71.8 Å². The van der Waals surface area contributed by atoms with Crippen molar-refractivity contribution in [3.8, 4) is 11.5 Å². The van der Waals surface area contributed by atoms with Crippen LogP contribution in [-0.2, 0) is 4.79 Å². The molecule has 0 aliphatic rings. The molecule has 0 aliphatic carbocycles. The van der Waals surface area contributed by atoms with Gasteiger partial charge in [-0.3, -0.25) is 4.79 Å². The summed E-state index contributed by atoms with van der Waals surface area (Å²) in [5.74, 6) is 2.60. The monoisotopic (exact) mass is 333 g/mol. The molecule has 0 atom stereocenters.